The van der Waals surface area contributed by atoms with Crippen LogP contribution in [0.3, 0.4) is 0 Å². The number of ether oxygens (including phenoxy) is 1. The van der Waals surface area contributed by atoms with Crippen LogP contribution in [-0.2, 0) is 18.4 Å². The second-order valence-corrected chi connectivity index (χ2v) is 6.31. The number of anilines is 1. The number of aromatic nitrogens is 4. The fraction of sp³-hybridized carbons (Fsp3) is 0.263. The number of amides is 1. The van der Waals surface area contributed by atoms with Gasteiger partial charge in [0.1, 0.15) is 12.3 Å². The Balaban J connectivity index is 1.84. The molecule has 3 aromatic rings. The van der Waals surface area contributed by atoms with Gasteiger partial charge in [-0.1, -0.05) is 12.1 Å². The van der Waals surface area contributed by atoms with Crippen LogP contribution in [0.2, 0.25) is 0 Å². The third-order valence-corrected chi connectivity index (χ3v) is 4.30. The zero-order valence-corrected chi connectivity index (χ0v) is 16.0. The van der Waals surface area contributed by atoms with Crippen molar-refractivity contribution in [2.24, 2.45) is 7.05 Å². The molecular weight excluding hydrogens is 384 g/mol. The first-order chi connectivity index (χ1) is 13.8. The number of rotatable bonds is 6. The average molecular weight is 403 g/mol. The summed E-state index contributed by atoms with van der Waals surface area (Å²) in [6.45, 7) is 0.277. The van der Waals surface area contributed by atoms with Crippen LogP contribution in [0, 0.1) is 13.8 Å². The Kier molecular flexibility index (Phi) is 5.71. The van der Waals surface area contributed by atoms with Crippen LogP contribution in [0.25, 0.3) is 11.3 Å². The van der Waals surface area contributed by atoms with Gasteiger partial charge in [-0.2, -0.15) is 19.0 Å². The Hall–Kier alpha value is -3.56. The highest BCUT2D eigenvalue weighted by molar-refractivity contribution is 5.92. The lowest BCUT2D eigenvalue weighted by atomic mass is 10.1. The first-order valence-corrected chi connectivity index (χ1v) is 8.68. The van der Waals surface area contributed by atoms with Crippen LogP contribution in [0.15, 0.2) is 41.2 Å². The number of aryl methyl sites for hydroxylation is 2. The first kappa shape index (κ1) is 20.2. The number of halogens is 2. The summed E-state index contributed by atoms with van der Waals surface area (Å²) < 4.78 is 32.1. The van der Waals surface area contributed by atoms with Crippen molar-refractivity contribution in [1.82, 2.24) is 19.6 Å². The van der Waals surface area contributed by atoms with Crippen molar-refractivity contribution in [2.45, 2.75) is 27.0 Å². The fourth-order valence-corrected chi connectivity index (χ4v) is 2.93. The Morgan fingerprint density at radius 3 is 2.55 bits per heavy atom. The minimum atomic E-state index is -3.03. The van der Waals surface area contributed by atoms with E-state index >= 15 is 0 Å². The molecule has 8 nitrogen and oxygen atoms in total. The minimum absolute atomic E-state index is 0.0703. The Morgan fingerprint density at radius 1 is 1.17 bits per heavy atom. The molecule has 0 spiro atoms. The van der Waals surface area contributed by atoms with E-state index in [0.29, 0.717) is 5.69 Å². The lowest BCUT2D eigenvalue weighted by Gasteiger charge is -2.12. The van der Waals surface area contributed by atoms with Gasteiger partial charge in [-0.3, -0.25) is 14.3 Å². The second-order valence-electron chi connectivity index (χ2n) is 6.31. The van der Waals surface area contributed by atoms with Crippen LogP contribution < -0.4 is 15.6 Å². The first-order valence-electron chi connectivity index (χ1n) is 8.68. The number of hydrogen-bond donors (Lipinski definition) is 1. The summed E-state index contributed by atoms with van der Waals surface area (Å²) in [6, 6.07) is 8.68. The number of nitrogens with one attached hydrogen (secondary N) is 1. The molecule has 0 bridgehead atoms. The number of carbonyl (C=O) groups is 1. The molecule has 0 saturated heterocycles. The number of nitrogens with zero attached hydrogens (tertiary/aromatic N) is 4. The predicted octanol–water partition coefficient (Wildman–Crippen LogP) is 2.50. The molecule has 2 heterocycles. The predicted molar refractivity (Wildman–Crippen MR) is 102 cm³/mol. The maximum absolute atomic E-state index is 12.5. The third kappa shape index (κ3) is 4.48. The highest BCUT2D eigenvalue weighted by Gasteiger charge is 2.16. The molecule has 0 atom stereocenters. The fourth-order valence-electron chi connectivity index (χ4n) is 2.93. The number of hydrogen-bond acceptors (Lipinski definition) is 5. The van der Waals surface area contributed by atoms with E-state index in [9.17, 15) is 18.4 Å². The summed E-state index contributed by atoms with van der Waals surface area (Å²) in [5.74, 6) is -0.784. The van der Waals surface area contributed by atoms with Crippen molar-refractivity contribution in [3.8, 4) is 17.0 Å². The van der Waals surface area contributed by atoms with Crippen LogP contribution in [0.5, 0.6) is 5.75 Å². The van der Waals surface area contributed by atoms with Gasteiger partial charge in [0.05, 0.1) is 17.1 Å². The van der Waals surface area contributed by atoms with Crippen molar-refractivity contribution in [1.29, 1.82) is 0 Å². The van der Waals surface area contributed by atoms with E-state index in [4.69, 9.17) is 0 Å². The quantitative estimate of drug-likeness (QED) is 0.683. The molecule has 0 unspecified atom stereocenters. The summed E-state index contributed by atoms with van der Waals surface area (Å²) in [5, 5.41) is 11.1. The standard InChI is InChI=1S/C19H19F2N5O3/c1-11-18(12(2)25(3)23-11)14-8-9-17(28)26(24-14)10-16(27)22-13-6-4-5-7-15(13)29-19(20)21/h4-9,19H,10H2,1-3H3,(H,22,27). The van der Waals surface area contributed by atoms with Gasteiger partial charge in [-0.15, -0.1) is 0 Å². The molecule has 2 aromatic heterocycles. The Bertz CT molecular complexity index is 1110. The van der Waals surface area contributed by atoms with E-state index in [-0.39, 0.29) is 11.4 Å². The third-order valence-electron chi connectivity index (χ3n) is 4.30. The smallest absolute Gasteiger partial charge is 0.387 e. The Morgan fingerprint density at radius 2 is 1.90 bits per heavy atom. The van der Waals surface area contributed by atoms with Gasteiger partial charge >= 0.3 is 6.61 Å². The van der Waals surface area contributed by atoms with Crippen LogP contribution in [-0.4, -0.2) is 32.1 Å². The SMILES string of the molecule is Cc1nn(C)c(C)c1-c1ccc(=O)n(CC(=O)Nc2ccccc2OC(F)F)n1. The zero-order chi connectivity index (χ0) is 21.1. The molecule has 29 heavy (non-hydrogen) atoms. The molecule has 1 aromatic carbocycles. The molecule has 1 amide bonds. The normalized spacial score (nSPS) is 11.0. The van der Waals surface area contributed by atoms with Crippen LogP contribution in [0.1, 0.15) is 11.4 Å². The lowest BCUT2D eigenvalue weighted by molar-refractivity contribution is -0.117. The second kappa shape index (κ2) is 8.21. The van der Waals surface area contributed by atoms with Gasteiger partial charge < -0.3 is 10.1 Å². The number of benzene rings is 1. The van der Waals surface area contributed by atoms with Crippen molar-refractivity contribution in [3.63, 3.8) is 0 Å². The summed E-state index contributed by atoms with van der Waals surface area (Å²) in [5.41, 5.74) is 2.48. The van der Waals surface area contributed by atoms with Crippen LogP contribution in [0.4, 0.5) is 14.5 Å². The van der Waals surface area contributed by atoms with Crippen molar-refractivity contribution < 1.29 is 18.3 Å². The van der Waals surface area contributed by atoms with Gasteiger partial charge in [0.25, 0.3) is 5.56 Å². The maximum atomic E-state index is 12.5. The van der Waals surface area contributed by atoms with Gasteiger partial charge in [0.2, 0.25) is 5.91 Å². The van der Waals surface area contributed by atoms with E-state index in [1.54, 1.807) is 23.9 Å². The van der Waals surface area contributed by atoms with E-state index in [1.165, 1.54) is 24.3 Å². The van der Waals surface area contributed by atoms with Crippen LogP contribution >= 0.6 is 0 Å². The minimum Gasteiger partial charge on any atom is -0.433 e. The van der Waals surface area contributed by atoms with Gasteiger partial charge in [0.15, 0.2) is 0 Å². The number of alkyl halides is 2. The zero-order valence-electron chi connectivity index (χ0n) is 16.0. The van der Waals surface area contributed by atoms with E-state index in [2.05, 4.69) is 20.3 Å². The molecule has 0 aliphatic rings. The Labute approximate surface area is 164 Å². The molecule has 0 aliphatic heterocycles. The van der Waals surface area contributed by atoms with Crippen molar-refractivity contribution in [2.75, 3.05) is 5.32 Å². The number of para-hydroxylation sites is 2. The maximum Gasteiger partial charge on any atom is 0.387 e. The van der Waals surface area contributed by atoms with Gasteiger partial charge in [-0.05, 0) is 32.0 Å². The molecule has 10 heteroatoms. The highest BCUT2D eigenvalue weighted by Crippen LogP contribution is 2.26. The molecule has 152 valence electrons. The lowest BCUT2D eigenvalue weighted by Crippen LogP contribution is -2.29. The van der Waals surface area contributed by atoms with Gasteiger partial charge in [0, 0.05) is 24.4 Å². The molecule has 1 N–H and O–H groups in total. The monoisotopic (exact) mass is 403 g/mol. The van der Waals surface area contributed by atoms with Crippen molar-refractivity contribution >= 4 is 11.6 Å². The molecule has 3 rings (SSSR count). The van der Waals surface area contributed by atoms with Gasteiger partial charge in [-0.25, -0.2) is 4.68 Å². The molecule has 0 fully saturated rings. The largest absolute Gasteiger partial charge is 0.433 e. The summed E-state index contributed by atoms with van der Waals surface area (Å²) in [7, 11) is 1.80. The van der Waals surface area contributed by atoms with E-state index < -0.39 is 24.6 Å². The number of carbonyl (C=O) groups excluding carboxylic acids is 1. The molecule has 0 aliphatic carbocycles. The topological polar surface area (TPSA) is 91.0 Å². The summed E-state index contributed by atoms with van der Waals surface area (Å²) >= 11 is 0. The molecular formula is C19H19F2N5O3. The highest BCUT2D eigenvalue weighted by atomic mass is 19.3. The van der Waals surface area contributed by atoms with E-state index in [1.807, 2.05) is 13.8 Å². The van der Waals surface area contributed by atoms with Crippen molar-refractivity contribution in [3.05, 3.63) is 58.1 Å². The summed E-state index contributed by atoms with van der Waals surface area (Å²) in [6.07, 6.45) is 0. The van der Waals surface area contributed by atoms with E-state index in [0.717, 1.165) is 21.6 Å². The molecule has 0 saturated carbocycles. The molecule has 0 radical (unpaired) electrons. The average Bonchev–Trinajstić information content (AvgIpc) is 2.90. The summed E-state index contributed by atoms with van der Waals surface area (Å²) in [4.78, 5) is 24.5.